The minimum Gasteiger partial charge on any atom is -0.478 e. The summed E-state index contributed by atoms with van der Waals surface area (Å²) in [6.45, 7) is 13.8. The molecule has 0 fully saturated rings. The van der Waals surface area contributed by atoms with Crippen LogP contribution in [0.2, 0.25) is 0 Å². The van der Waals surface area contributed by atoms with Gasteiger partial charge in [-0.05, 0) is 36.8 Å². The van der Waals surface area contributed by atoms with E-state index < -0.39 is 0 Å². The third-order valence-corrected chi connectivity index (χ3v) is 4.57. The Morgan fingerprint density at radius 1 is 0.815 bits per heavy atom. The van der Waals surface area contributed by atoms with Crippen LogP contribution in [-0.4, -0.2) is 21.6 Å². The van der Waals surface area contributed by atoms with Crippen LogP contribution in [0, 0.1) is 0 Å². The lowest BCUT2D eigenvalue weighted by molar-refractivity contribution is 0.294. The van der Waals surface area contributed by atoms with Crippen molar-refractivity contribution in [2.75, 3.05) is 6.61 Å². The van der Waals surface area contributed by atoms with Crippen molar-refractivity contribution in [1.29, 1.82) is 0 Å². The summed E-state index contributed by atoms with van der Waals surface area (Å²) in [4.78, 5) is 14.4. The first-order chi connectivity index (χ1) is 12.9. The van der Waals surface area contributed by atoms with E-state index >= 15 is 0 Å². The number of hydrogen-bond donors (Lipinski definition) is 0. The molecule has 0 saturated carbocycles. The van der Waals surface area contributed by atoms with Gasteiger partial charge in [-0.1, -0.05) is 60.8 Å². The first-order valence-corrected chi connectivity index (χ1v) is 10.5. The third kappa shape index (κ3) is 6.30. The zero-order valence-corrected chi connectivity index (χ0v) is 17.9. The molecule has 0 atom stereocenters. The van der Waals surface area contributed by atoms with E-state index in [1.807, 2.05) is 6.07 Å². The van der Waals surface area contributed by atoms with Crippen molar-refractivity contribution in [3.8, 4) is 17.3 Å². The average Bonchev–Trinajstić information content (AvgIpc) is 2.65. The van der Waals surface area contributed by atoms with Crippen molar-refractivity contribution in [3.63, 3.8) is 0 Å². The lowest BCUT2D eigenvalue weighted by Gasteiger charge is -2.14. The van der Waals surface area contributed by atoms with Gasteiger partial charge in [0.05, 0.1) is 6.61 Å². The van der Waals surface area contributed by atoms with Gasteiger partial charge in [0.2, 0.25) is 5.88 Å². The van der Waals surface area contributed by atoms with E-state index in [0.717, 1.165) is 47.7 Å². The summed E-state index contributed by atoms with van der Waals surface area (Å²) >= 11 is 0. The van der Waals surface area contributed by atoms with Gasteiger partial charge < -0.3 is 4.74 Å². The molecule has 0 amide bonds. The monoisotopic (exact) mass is 369 g/mol. The Bertz CT molecular complexity index is 699. The maximum Gasteiger partial charge on any atom is 0.217 e. The second-order valence-electron chi connectivity index (χ2n) is 7.84. The van der Waals surface area contributed by atoms with Gasteiger partial charge in [-0.25, -0.2) is 4.98 Å². The fourth-order valence-electron chi connectivity index (χ4n) is 2.88. The van der Waals surface area contributed by atoms with Crippen LogP contribution in [0.15, 0.2) is 18.2 Å². The Labute approximate surface area is 164 Å². The normalized spacial score (nSPS) is 11.4. The Morgan fingerprint density at radius 3 is 2.04 bits per heavy atom. The summed E-state index contributed by atoms with van der Waals surface area (Å²) < 4.78 is 5.95. The molecule has 0 radical (unpaired) electrons. The number of unbranched alkanes of at least 4 members (excludes halogenated alkanes) is 2. The molecule has 2 rings (SSSR count). The van der Waals surface area contributed by atoms with Crippen molar-refractivity contribution < 1.29 is 4.74 Å². The fraction of sp³-hybridized carbons (Fsp3) is 0.609. The molecule has 0 aliphatic rings. The van der Waals surface area contributed by atoms with Gasteiger partial charge in [-0.2, -0.15) is 4.98 Å². The third-order valence-electron chi connectivity index (χ3n) is 4.57. The molecule has 0 N–H and O–H groups in total. The van der Waals surface area contributed by atoms with E-state index in [9.17, 15) is 0 Å². The molecular weight excluding hydrogens is 334 g/mol. The standard InChI is InChI=1S/C23H35N3O/c1-7-9-10-12-27-22-15-19(11-8-2)24-23(26-22)18-13-20(16(3)4)25-21(14-18)17(5)6/h13-17H,7-12H2,1-6H3. The predicted molar refractivity (Wildman–Crippen MR) is 112 cm³/mol. The highest BCUT2D eigenvalue weighted by atomic mass is 16.5. The Kier molecular flexibility index (Phi) is 8.21. The quantitative estimate of drug-likeness (QED) is 0.461. The molecule has 0 unspecified atom stereocenters. The van der Waals surface area contributed by atoms with Crippen LogP contribution in [0.3, 0.4) is 0 Å². The molecule has 4 nitrogen and oxygen atoms in total. The maximum absolute atomic E-state index is 5.95. The molecule has 4 heteroatoms. The largest absolute Gasteiger partial charge is 0.478 e. The summed E-state index contributed by atoms with van der Waals surface area (Å²) in [5.41, 5.74) is 4.26. The highest BCUT2D eigenvalue weighted by Crippen LogP contribution is 2.26. The number of aromatic nitrogens is 3. The van der Waals surface area contributed by atoms with Crippen LogP contribution in [-0.2, 0) is 6.42 Å². The van der Waals surface area contributed by atoms with E-state index in [1.54, 1.807) is 0 Å². The molecule has 0 aromatic carbocycles. The molecule has 0 bridgehead atoms. The summed E-state index contributed by atoms with van der Waals surface area (Å²) in [5.74, 6) is 2.17. The molecule has 0 saturated heterocycles. The van der Waals surface area contributed by atoms with Crippen LogP contribution >= 0.6 is 0 Å². The van der Waals surface area contributed by atoms with Crippen molar-refractivity contribution in [2.24, 2.45) is 0 Å². The maximum atomic E-state index is 5.95. The zero-order chi connectivity index (χ0) is 19.8. The van der Waals surface area contributed by atoms with Gasteiger partial charge in [0.25, 0.3) is 0 Å². The lowest BCUT2D eigenvalue weighted by Crippen LogP contribution is -2.05. The van der Waals surface area contributed by atoms with E-state index in [-0.39, 0.29) is 0 Å². The molecule has 148 valence electrons. The molecule has 2 heterocycles. The van der Waals surface area contributed by atoms with Crippen molar-refractivity contribution in [1.82, 2.24) is 15.0 Å². The zero-order valence-electron chi connectivity index (χ0n) is 17.9. The van der Waals surface area contributed by atoms with Crippen LogP contribution in [0.4, 0.5) is 0 Å². The first-order valence-electron chi connectivity index (χ1n) is 10.5. The summed E-state index contributed by atoms with van der Waals surface area (Å²) in [7, 11) is 0. The number of hydrogen-bond acceptors (Lipinski definition) is 4. The van der Waals surface area contributed by atoms with Gasteiger partial charge >= 0.3 is 0 Å². The highest BCUT2D eigenvalue weighted by Gasteiger charge is 2.14. The summed E-state index contributed by atoms with van der Waals surface area (Å²) in [6.07, 6.45) is 5.41. The number of pyridine rings is 1. The van der Waals surface area contributed by atoms with Gasteiger partial charge in [0.1, 0.15) is 0 Å². The van der Waals surface area contributed by atoms with E-state index in [2.05, 4.69) is 53.7 Å². The average molecular weight is 370 g/mol. The summed E-state index contributed by atoms with van der Waals surface area (Å²) in [6, 6.07) is 6.25. The van der Waals surface area contributed by atoms with Crippen molar-refractivity contribution in [3.05, 3.63) is 35.3 Å². The lowest BCUT2D eigenvalue weighted by atomic mass is 10.0. The second kappa shape index (κ2) is 10.4. The van der Waals surface area contributed by atoms with Crippen molar-refractivity contribution in [2.45, 2.75) is 85.5 Å². The molecule has 2 aromatic heterocycles. The Hall–Kier alpha value is -1.97. The molecular formula is C23H35N3O. The van der Waals surface area contributed by atoms with Gasteiger partial charge in [0, 0.05) is 28.7 Å². The SMILES string of the molecule is CCCCCOc1cc(CCC)nc(-c2cc(C(C)C)nc(C(C)C)c2)n1. The Morgan fingerprint density at radius 2 is 1.48 bits per heavy atom. The van der Waals surface area contributed by atoms with Gasteiger partial charge in [0.15, 0.2) is 5.82 Å². The van der Waals surface area contributed by atoms with E-state index in [1.165, 1.54) is 12.8 Å². The summed E-state index contributed by atoms with van der Waals surface area (Å²) in [5, 5.41) is 0. The smallest absolute Gasteiger partial charge is 0.217 e. The minimum atomic E-state index is 0.367. The van der Waals surface area contributed by atoms with Crippen LogP contribution in [0.1, 0.15) is 96.1 Å². The first kappa shape index (κ1) is 21.3. The second-order valence-corrected chi connectivity index (χ2v) is 7.84. The van der Waals surface area contributed by atoms with Crippen LogP contribution in [0.25, 0.3) is 11.4 Å². The minimum absolute atomic E-state index is 0.367. The topological polar surface area (TPSA) is 47.9 Å². The van der Waals surface area contributed by atoms with Gasteiger partial charge in [-0.15, -0.1) is 0 Å². The molecule has 0 aliphatic heterocycles. The Balaban J connectivity index is 2.41. The van der Waals surface area contributed by atoms with Crippen LogP contribution in [0.5, 0.6) is 5.88 Å². The fourth-order valence-corrected chi connectivity index (χ4v) is 2.88. The van der Waals surface area contributed by atoms with Crippen molar-refractivity contribution >= 4 is 0 Å². The van der Waals surface area contributed by atoms with E-state index in [0.29, 0.717) is 24.3 Å². The number of nitrogens with zero attached hydrogens (tertiary/aromatic N) is 3. The van der Waals surface area contributed by atoms with Crippen LogP contribution < -0.4 is 4.74 Å². The molecule has 0 aliphatic carbocycles. The molecule has 27 heavy (non-hydrogen) atoms. The number of ether oxygens (including phenoxy) is 1. The van der Waals surface area contributed by atoms with Gasteiger partial charge in [-0.3, -0.25) is 4.98 Å². The molecule has 0 spiro atoms. The number of rotatable bonds is 10. The molecule has 2 aromatic rings. The predicted octanol–water partition coefficient (Wildman–Crippen LogP) is 6.31. The number of aryl methyl sites for hydroxylation is 1. The van der Waals surface area contributed by atoms with E-state index in [4.69, 9.17) is 19.7 Å². The highest BCUT2D eigenvalue weighted by molar-refractivity contribution is 5.57.